The van der Waals surface area contributed by atoms with Crippen LogP contribution in [0.25, 0.3) is 0 Å². The third kappa shape index (κ3) is 3.85. The maximum atomic E-state index is 12.4. The number of aromatic nitrogens is 1. The second kappa shape index (κ2) is 7.75. The monoisotopic (exact) mass is 386 g/mol. The van der Waals surface area contributed by atoms with Gasteiger partial charge in [-0.3, -0.25) is 9.59 Å². The average Bonchev–Trinajstić information content (AvgIpc) is 2.96. The van der Waals surface area contributed by atoms with Crippen molar-refractivity contribution >= 4 is 23.3 Å². The van der Waals surface area contributed by atoms with Crippen molar-refractivity contribution in [2.75, 3.05) is 18.5 Å². The molecule has 0 aliphatic carbocycles. The lowest BCUT2D eigenvalue weighted by Gasteiger charge is -2.19. The lowest BCUT2D eigenvalue weighted by Crippen LogP contribution is -2.30. The summed E-state index contributed by atoms with van der Waals surface area (Å²) in [6.45, 7) is 7.20. The summed E-state index contributed by atoms with van der Waals surface area (Å²) >= 11 is 0. The Labute approximate surface area is 162 Å². The van der Waals surface area contributed by atoms with Crippen LogP contribution in [0, 0.1) is 13.8 Å². The Morgan fingerprint density at radius 1 is 1.14 bits per heavy atom. The number of carbonyl (C=O) groups is 3. The van der Waals surface area contributed by atoms with Crippen molar-refractivity contribution in [2.45, 2.75) is 33.8 Å². The van der Waals surface area contributed by atoms with Crippen LogP contribution in [0.3, 0.4) is 0 Å². The van der Waals surface area contributed by atoms with Gasteiger partial charge in [-0.15, -0.1) is 0 Å². The number of fused-ring (bicyclic) bond motifs is 1. The lowest BCUT2D eigenvalue weighted by molar-refractivity contribution is -0.123. The first-order chi connectivity index (χ1) is 13.3. The standard InChI is InChI=1S/C20H22N2O6/c1-10-17(12(3)23)11(2)21-18(10)20(25)28-13(4)19(24)22-14-5-6-15-16(9-14)27-8-7-26-15/h5-6,9,13,21H,7-8H2,1-4H3,(H,22,24). The van der Waals surface area contributed by atoms with E-state index in [1.807, 2.05) is 0 Å². The summed E-state index contributed by atoms with van der Waals surface area (Å²) < 4.78 is 16.2. The Morgan fingerprint density at radius 3 is 2.46 bits per heavy atom. The van der Waals surface area contributed by atoms with Crippen LogP contribution in [-0.4, -0.2) is 42.0 Å². The van der Waals surface area contributed by atoms with Gasteiger partial charge >= 0.3 is 5.97 Å². The van der Waals surface area contributed by atoms with Crippen molar-refractivity contribution in [2.24, 2.45) is 0 Å². The molecule has 1 unspecified atom stereocenters. The molecule has 2 heterocycles. The Hall–Kier alpha value is -3.29. The minimum Gasteiger partial charge on any atom is -0.486 e. The largest absolute Gasteiger partial charge is 0.486 e. The minimum absolute atomic E-state index is 0.144. The number of esters is 1. The van der Waals surface area contributed by atoms with Crippen LogP contribution in [0.1, 0.15) is 46.0 Å². The molecule has 1 aromatic heterocycles. The van der Waals surface area contributed by atoms with Crippen LogP contribution < -0.4 is 14.8 Å². The summed E-state index contributed by atoms with van der Waals surface area (Å²) in [7, 11) is 0. The highest BCUT2D eigenvalue weighted by atomic mass is 16.6. The molecule has 8 nitrogen and oxygen atoms in total. The second-order valence-electron chi connectivity index (χ2n) is 6.58. The molecule has 0 radical (unpaired) electrons. The quantitative estimate of drug-likeness (QED) is 0.604. The number of carbonyl (C=O) groups excluding carboxylic acids is 3. The number of ketones is 1. The highest BCUT2D eigenvalue weighted by Gasteiger charge is 2.25. The van der Waals surface area contributed by atoms with Crippen LogP contribution in [0.5, 0.6) is 11.5 Å². The SMILES string of the molecule is CC(=O)c1c(C)[nH]c(C(=O)OC(C)C(=O)Nc2ccc3c(c2)OCCO3)c1C. The Kier molecular flexibility index (Phi) is 5.39. The fourth-order valence-corrected chi connectivity index (χ4v) is 3.12. The summed E-state index contributed by atoms with van der Waals surface area (Å²) in [4.78, 5) is 39.4. The predicted molar refractivity (Wildman–Crippen MR) is 101 cm³/mol. The molecular formula is C20H22N2O6. The zero-order chi connectivity index (χ0) is 20.4. The van der Waals surface area contributed by atoms with Crippen LogP contribution in [0.15, 0.2) is 18.2 Å². The van der Waals surface area contributed by atoms with E-state index in [1.165, 1.54) is 13.8 Å². The van der Waals surface area contributed by atoms with E-state index >= 15 is 0 Å². The number of anilines is 1. The maximum Gasteiger partial charge on any atom is 0.355 e. The first-order valence-corrected chi connectivity index (χ1v) is 8.89. The maximum absolute atomic E-state index is 12.4. The highest BCUT2D eigenvalue weighted by Crippen LogP contribution is 2.32. The zero-order valence-electron chi connectivity index (χ0n) is 16.2. The third-order valence-corrected chi connectivity index (χ3v) is 4.46. The van der Waals surface area contributed by atoms with Crippen molar-refractivity contribution in [1.29, 1.82) is 0 Å². The third-order valence-electron chi connectivity index (χ3n) is 4.46. The van der Waals surface area contributed by atoms with Crippen molar-refractivity contribution < 1.29 is 28.6 Å². The molecule has 1 atom stereocenters. The Balaban J connectivity index is 1.67. The number of rotatable bonds is 5. The zero-order valence-corrected chi connectivity index (χ0v) is 16.2. The summed E-state index contributed by atoms with van der Waals surface area (Å²) in [5, 5.41) is 2.68. The van der Waals surface area contributed by atoms with E-state index in [-0.39, 0.29) is 11.5 Å². The smallest absolute Gasteiger partial charge is 0.355 e. The van der Waals surface area contributed by atoms with Gasteiger partial charge in [-0.2, -0.15) is 0 Å². The number of amides is 1. The molecule has 0 spiro atoms. The van der Waals surface area contributed by atoms with Crippen LogP contribution in [-0.2, 0) is 9.53 Å². The molecule has 0 fully saturated rings. The number of aromatic amines is 1. The number of nitrogens with one attached hydrogen (secondary N) is 2. The molecule has 3 rings (SSSR count). The number of H-pyrrole nitrogens is 1. The van der Waals surface area contributed by atoms with Crippen molar-refractivity contribution in [3.63, 3.8) is 0 Å². The van der Waals surface area contributed by atoms with Gasteiger partial charge in [0.2, 0.25) is 0 Å². The first-order valence-electron chi connectivity index (χ1n) is 8.89. The number of benzene rings is 1. The van der Waals surface area contributed by atoms with E-state index in [4.69, 9.17) is 14.2 Å². The normalized spacial score (nSPS) is 13.6. The topological polar surface area (TPSA) is 107 Å². The predicted octanol–water partition coefficient (Wildman–Crippen LogP) is 2.79. The molecular weight excluding hydrogens is 364 g/mol. The van der Waals surface area contributed by atoms with Gasteiger partial charge in [0, 0.05) is 23.0 Å². The van der Waals surface area contributed by atoms with E-state index in [9.17, 15) is 14.4 Å². The summed E-state index contributed by atoms with van der Waals surface area (Å²) in [6, 6.07) is 5.03. The molecule has 148 valence electrons. The number of Topliss-reactive ketones (excluding diaryl/α,β-unsaturated/α-hetero) is 1. The molecule has 1 aliphatic rings. The molecule has 8 heteroatoms. The average molecular weight is 386 g/mol. The van der Waals surface area contributed by atoms with Crippen LogP contribution in [0.2, 0.25) is 0 Å². The molecule has 1 aromatic carbocycles. The number of hydrogen-bond acceptors (Lipinski definition) is 6. The van der Waals surface area contributed by atoms with Crippen molar-refractivity contribution in [3.05, 3.63) is 40.7 Å². The molecule has 28 heavy (non-hydrogen) atoms. The van der Waals surface area contributed by atoms with E-state index < -0.39 is 18.0 Å². The van der Waals surface area contributed by atoms with Gasteiger partial charge in [0.15, 0.2) is 23.4 Å². The van der Waals surface area contributed by atoms with Gasteiger partial charge in [0.1, 0.15) is 18.9 Å². The molecule has 0 saturated heterocycles. The Bertz CT molecular complexity index is 946. The van der Waals surface area contributed by atoms with E-state index in [0.29, 0.717) is 47.2 Å². The van der Waals surface area contributed by atoms with Gasteiger partial charge < -0.3 is 24.5 Å². The molecule has 0 saturated carbocycles. The van der Waals surface area contributed by atoms with Gasteiger partial charge in [-0.1, -0.05) is 0 Å². The van der Waals surface area contributed by atoms with Crippen molar-refractivity contribution in [3.8, 4) is 11.5 Å². The van der Waals surface area contributed by atoms with E-state index in [0.717, 1.165) is 0 Å². The molecule has 0 bridgehead atoms. The fraction of sp³-hybridized carbons (Fsp3) is 0.350. The van der Waals surface area contributed by atoms with Gasteiger partial charge in [0.05, 0.1) is 0 Å². The van der Waals surface area contributed by atoms with Crippen molar-refractivity contribution in [1.82, 2.24) is 4.98 Å². The summed E-state index contributed by atoms with van der Waals surface area (Å²) in [6.07, 6.45) is -1.04. The molecule has 1 aliphatic heterocycles. The van der Waals surface area contributed by atoms with E-state index in [1.54, 1.807) is 32.0 Å². The first kappa shape index (κ1) is 19.5. The van der Waals surface area contributed by atoms with Gasteiger partial charge in [-0.05, 0) is 45.4 Å². The fourth-order valence-electron chi connectivity index (χ4n) is 3.12. The summed E-state index contributed by atoms with van der Waals surface area (Å²) in [5.41, 5.74) is 2.23. The van der Waals surface area contributed by atoms with Crippen LogP contribution >= 0.6 is 0 Å². The molecule has 1 amide bonds. The lowest BCUT2D eigenvalue weighted by atomic mass is 10.1. The molecule has 2 aromatic rings. The van der Waals surface area contributed by atoms with Gasteiger partial charge in [0.25, 0.3) is 5.91 Å². The molecule has 2 N–H and O–H groups in total. The minimum atomic E-state index is -1.04. The van der Waals surface area contributed by atoms with E-state index in [2.05, 4.69) is 10.3 Å². The highest BCUT2D eigenvalue weighted by molar-refractivity contribution is 6.02. The number of ether oxygens (including phenoxy) is 3. The van der Waals surface area contributed by atoms with Crippen LogP contribution in [0.4, 0.5) is 5.69 Å². The number of hydrogen-bond donors (Lipinski definition) is 2. The number of aryl methyl sites for hydroxylation is 1. The van der Waals surface area contributed by atoms with Gasteiger partial charge in [-0.25, -0.2) is 4.79 Å². The Morgan fingerprint density at radius 2 is 1.82 bits per heavy atom. The second-order valence-corrected chi connectivity index (χ2v) is 6.58. The summed E-state index contributed by atoms with van der Waals surface area (Å²) in [5.74, 6) is -0.170.